The highest BCUT2D eigenvalue weighted by atomic mass is 32.2. The van der Waals surface area contributed by atoms with Crippen molar-refractivity contribution in [2.45, 2.75) is 50.1 Å². The second-order valence-corrected chi connectivity index (χ2v) is 7.32. The topological polar surface area (TPSA) is 21.3 Å². The third-order valence-electron chi connectivity index (χ3n) is 3.56. The Hall–Kier alpha value is -0.880. The van der Waals surface area contributed by atoms with Crippen LogP contribution in [0, 0.1) is 0 Å². The molecule has 0 radical (unpaired) electrons. The maximum atomic E-state index is 12.4. The molecule has 0 bridgehead atoms. The minimum absolute atomic E-state index is 0.0167. The van der Waals surface area contributed by atoms with Crippen LogP contribution in [0.15, 0.2) is 18.2 Å². The second-order valence-electron chi connectivity index (χ2n) is 5.69. The Balaban J connectivity index is 2.33. The summed E-state index contributed by atoms with van der Waals surface area (Å²) in [6.45, 7) is 7.13. The lowest BCUT2D eigenvalue weighted by Gasteiger charge is -2.40. The summed E-state index contributed by atoms with van der Waals surface area (Å²) in [5, 5.41) is 3.45. The van der Waals surface area contributed by atoms with Crippen molar-refractivity contribution < 1.29 is 17.9 Å². The van der Waals surface area contributed by atoms with Gasteiger partial charge in [0, 0.05) is 16.5 Å². The van der Waals surface area contributed by atoms with Gasteiger partial charge in [-0.15, -0.1) is 24.9 Å². The molecule has 0 fully saturated rings. The molecule has 2 rings (SSSR count). The van der Waals surface area contributed by atoms with Crippen LogP contribution in [0.3, 0.4) is 0 Å². The van der Waals surface area contributed by atoms with Gasteiger partial charge in [0.25, 0.3) is 0 Å². The highest BCUT2D eigenvalue weighted by molar-refractivity contribution is 8.00. The van der Waals surface area contributed by atoms with E-state index in [2.05, 4.69) is 30.8 Å². The first kappa shape index (κ1) is 16.5. The smallest absolute Gasteiger partial charge is 0.406 e. The first-order valence-corrected chi connectivity index (χ1v) is 7.97. The number of thioether (sulfide) groups is 1. The Morgan fingerprint density at radius 3 is 2.71 bits per heavy atom. The van der Waals surface area contributed by atoms with Crippen molar-refractivity contribution in [3.63, 3.8) is 0 Å². The minimum Gasteiger partial charge on any atom is -0.406 e. The van der Waals surface area contributed by atoms with E-state index in [9.17, 15) is 13.2 Å². The third-order valence-corrected chi connectivity index (χ3v) is 4.99. The quantitative estimate of drug-likeness (QED) is 0.873. The van der Waals surface area contributed by atoms with Gasteiger partial charge in [0.1, 0.15) is 5.75 Å². The Kier molecular flexibility index (Phi) is 4.78. The highest BCUT2D eigenvalue weighted by Crippen LogP contribution is 2.46. The maximum Gasteiger partial charge on any atom is 0.573 e. The lowest BCUT2D eigenvalue weighted by Crippen LogP contribution is -2.40. The van der Waals surface area contributed by atoms with Crippen molar-refractivity contribution in [3.8, 4) is 5.75 Å². The summed E-state index contributed by atoms with van der Waals surface area (Å²) < 4.78 is 41.1. The van der Waals surface area contributed by atoms with Gasteiger partial charge in [0.05, 0.1) is 0 Å². The summed E-state index contributed by atoms with van der Waals surface area (Å²) in [5.74, 6) is 0.658. The maximum absolute atomic E-state index is 12.4. The number of hydrogen-bond donors (Lipinski definition) is 1. The van der Waals surface area contributed by atoms with Crippen LogP contribution in [0.4, 0.5) is 13.2 Å². The fourth-order valence-electron chi connectivity index (χ4n) is 2.54. The van der Waals surface area contributed by atoms with Gasteiger partial charge in [-0.2, -0.15) is 0 Å². The van der Waals surface area contributed by atoms with E-state index in [-0.39, 0.29) is 16.5 Å². The van der Waals surface area contributed by atoms with Crippen LogP contribution >= 0.6 is 11.8 Å². The van der Waals surface area contributed by atoms with Gasteiger partial charge in [-0.1, -0.05) is 13.0 Å². The van der Waals surface area contributed by atoms with Crippen LogP contribution in [0.25, 0.3) is 0 Å². The molecule has 1 aromatic carbocycles. The van der Waals surface area contributed by atoms with Gasteiger partial charge in [0.2, 0.25) is 0 Å². The molecule has 6 heteroatoms. The predicted molar refractivity (Wildman–Crippen MR) is 79.5 cm³/mol. The van der Waals surface area contributed by atoms with E-state index < -0.39 is 6.36 Å². The molecule has 1 aliphatic rings. The molecule has 1 atom stereocenters. The number of ether oxygens (including phenoxy) is 1. The van der Waals surface area contributed by atoms with Crippen LogP contribution in [-0.4, -0.2) is 17.7 Å². The summed E-state index contributed by atoms with van der Waals surface area (Å²) in [4.78, 5) is 0. The van der Waals surface area contributed by atoms with Crippen molar-refractivity contribution in [2.24, 2.45) is 0 Å². The second kappa shape index (κ2) is 6.08. The van der Waals surface area contributed by atoms with Crippen molar-refractivity contribution in [1.29, 1.82) is 0 Å². The van der Waals surface area contributed by atoms with Crippen molar-refractivity contribution in [2.75, 3.05) is 6.54 Å². The molecule has 1 N–H and O–H groups in total. The fourth-order valence-corrected chi connectivity index (χ4v) is 3.70. The number of benzene rings is 1. The molecule has 2 nitrogen and oxygen atoms in total. The number of hydrogen-bond acceptors (Lipinski definition) is 3. The Labute approximate surface area is 127 Å². The number of rotatable bonds is 4. The molecule has 0 amide bonds. The van der Waals surface area contributed by atoms with E-state index in [1.165, 1.54) is 12.1 Å². The molecule has 0 saturated heterocycles. The first-order valence-electron chi connectivity index (χ1n) is 6.99. The third kappa shape index (κ3) is 4.07. The lowest BCUT2D eigenvalue weighted by molar-refractivity contribution is -0.274. The molecule has 1 aliphatic heterocycles. The van der Waals surface area contributed by atoms with Crippen LogP contribution < -0.4 is 10.1 Å². The van der Waals surface area contributed by atoms with Crippen LogP contribution in [0.1, 0.15) is 44.4 Å². The van der Waals surface area contributed by atoms with E-state index in [0.717, 1.165) is 29.8 Å². The largest absolute Gasteiger partial charge is 0.573 e. The van der Waals surface area contributed by atoms with Gasteiger partial charge < -0.3 is 10.1 Å². The number of fused-ring (bicyclic) bond motifs is 1. The number of alkyl halides is 3. The van der Waals surface area contributed by atoms with Crippen molar-refractivity contribution in [1.82, 2.24) is 5.32 Å². The monoisotopic (exact) mass is 319 g/mol. The molecule has 0 spiro atoms. The summed E-state index contributed by atoms with van der Waals surface area (Å²) >= 11 is 1.82. The molecule has 1 aromatic rings. The standard InChI is InChI=1S/C15H20F3NOS/c1-4-7-19-13-12-8-11(20-15(16,17)18)6-5-10(12)9-21-14(13,2)3/h5-6,8,13,19H,4,7,9H2,1-3H3. The fraction of sp³-hybridized carbons (Fsp3) is 0.600. The van der Waals surface area contributed by atoms with Gasteiger partial charge in [0.15, 0.2) is 0 Å². The molecule has 1 heterocycles. The van der Waals surface area contributed by atoms with Gasteiger partial charge in [-0.05, 0) is 50.1 Å². The zero-order valence-electron chi connectivity index (χ0n) is 12.4. The summed E-state index contributed by atoms with van der Waals surface area (Å²) in [7, 11) is 0. The van der Waals surface area contributed by atoms with Gasteiger partial charge in [-0.3, -0.25) is 0 Å². The molecule has 1 unspecified atom stereocenters. The Morgan fingerprint density at radius 1 is 1.38 bits per heavy atom. The van der Waals surface area contributed by atoms with Gasteiger partial charge >= 0.3 is 6.36 Å². The van der Waals surface area contributed by atoms with Crippen LogP contribution in [0.2, 0.25) is 0 Å². The normalized spacial score (nSPS) is 21.0. The number of nitrogens with one attached hydrogen (secondary N) is 1. The van der Waals surface area contributed by atoms with Crippen LogP contribution in [-0.2, 0) is 5.75 Å². The molecular weight excluding hydrogens is 299 g/mol. The molecule has 0 aromatic heterocycles. The minimum atomic E-state index is -4.65. The van der Waals surface area contributed by atoms with Crippen LogP contribution in [0.5, 0.6) is 5.75 Å². The lowest BCUT2D eigenvalue weighted by atomic mass is 9.90. The van der Waals surface area contributed by atoms with E-state index in [1.54, 1.807) is 6.07 Å². The van der Waals surface area contributed by atoms with E-state index in [1.807, 2.05) is 11.8 Å². The van der Waals surface area contributed by atoms with Crippen molar-refractivity contribution >= 4 is 11.8 Å². The summed E-state index contributed by atoms with van der Waals surface area (Å²) in [6, 6.07) is 4.67. The highest BCUT2D eigenvalue weighted by Gasteiger charge is 2.37. The molecular formula is C15H20F3NOS. The van der Waals surface area contributed by atoms with Gasteiger partial charge in [-0.25, -0.2) is 0 Å². The van der Waals surface area contributed by atoms with E-state index in [4.69, 9.17) is 0 Å². The van der Waals surface area contributed by atoms with Crippen molar-refractivity contribution in [3.05, 3.63) is 29.3 Å². The van der Waals surface area contributed by atoms with E-state index >= 15 is 0 Å². The Morgan fingerprint density at radius 2 is 2.10 bits per heavy atom. The summed E-state index contributed by atoms with van der Waals surface area (Å²) in [5.41, 5.74) is 1.98. The molecule has 0 saturated carbocycles. The SMILES string of the molecule is CCCNC1c2cc(OC(F)(F)F)ccc2CSC1(C)C. The first-order chi connectivity index (χ1) is 9.73. The average molecular weight is 319 g/mol. The predicted octanol–water partition coefficient (Wildman–Crippen LogP) is 4.65. The molecule has 0 aliphatic carbocycles. The average Bonchev–Trinajstić information content (AvgIpc) is 2.35. The molecule has 21 heavy (non-hydrogen) atoms. The number of halogens is 3. The van der Waals surface area contributed by atoms with E-state index in [0.29, 0.717) is 0 Å². The molecule has 118 valence electrons. The Bertz CT molecular complexity index is 502. The zero-order valence-corrected chi connectivity index (χ0v) is 13.2. The zero-order chi connectivity index (χ0) is 15.7. The summed E-state index contributed by atoms with van der Waals surface area (Å²) in [6.07, 6.45) is -3.68.